The van der Waals surface area contributed by atoms with Gasteiger partial charge in [-0.05, 0) is 47.4 Å². The summed E-state index contributed by atoms with van der Waals surface area (Å²) in [7, 11) is 0. The van der Waals surface area contributed by atoms with Crippen molar-refractivity contribution in [2.75, 3.05) is 0 Å². The number of hydrogen-bond acceptors (Lipinski definition) is 6. The molecule has 0 spiro atoms. The van der Waals surface area contributed by atoms with Gasteiger partial charge in [0.15, 0.2) is 0 Å². The Morgan fingerprint density at radius 2 is 1.56 bits per heavy atom. The zero-order chi connectivity index (χ0) is 31.9. The Kier molecular flexibility index (Phi) is 10.8. The van der Waals surface area contributed by atoms with E-state index in [1.807, 2.05) is 56.3 Å². The SMILES string of the molecule is CC[C@H](C)C(NC(=O)[C@H](CC(C)C)NC(=O)O)C(=O)C(=O)NC1(C(=O)N[C@@H](Cc2ccc3ccccc3c2)C(N)=O)CC1. The second-order valence-electron chi connectivity index (χ2n) is 11.7. The lowest BCUT2D eigenvalue weighted by atomic mass is 9.93. The minimum absolute atomic E-state index is 0.0256. The molecule has 2 aromatic rings. The maximum absolute atomic E-state index is 13.3. The Bertz CT molecular complexity index is 1390. The molecule has 1 saturated carbocycles. The number of benzene rings is 2. The van der Waals surface area contributed by atoms with Gasteiger partial charge in [0.05, 0.1) is 6.04 Å². The van der Waals surface area contributed by atoms with Crippen LogP contribution >= 0.6 is 0 Å². The second-order valence-corrected chi connectivity index (χ2v) is 11.7. The van der Waals surface area contributed by atoms with E-state index >= 15 is 0 Å². The van der Waals surface area contributed by atoms with Gasteiger partial charge < -0.3 is 32.1 Å². The first-order valence-corrected chi connectivity index (χ1v) is 14.5. The lowest BCUT2D eigenvalue weighted by molar-refractivity contribution is -0.143. The summed E-state index contributed by atoms with van der Waals surface area (Å²) >= 11 is 0. The van der Waals surface area contributed by atoms with Crippen molar-refractivity contribution in [1.29, 1.82) is 0 Å². The van der Waals surface area contributed by atoms with E-state index in [1.54, 1.807) is 13.8 Å². The van der Waals surface area contributed by atoms with Gasteiger partial charge in [-0.2, -0.15) is 0 Å². The predicted molar refractivity (Wildman–Crippen MR) is 160 cm³/mol. The molecule has 3 rings (SSSR count). The fraction of sp³-hybridized carbons (Fsp3) is 0.484. The van der Waals surface area contributed by atoms with Crippen LogP contribution in [0.1, 0.15) is 58.9 Å². The molecule has 232 valence electrons. The number of fused-ring (bicyclic) bond motifs is 1. The van der Waals surface area contributed by atoms with Crippen LogP contribution in [0.3, 0.4) is 0 Å². The number of nitrogens with one attached hydrogen (secondary N) is 4. The Balaban J connectivity index is 1.69. The van der Waals surface area contributed by atoms with Crippen LogP contribution in [0.25, 0.3) is 10.8 Å². The lowest BCUT2D eigenvalue weighted by Gasteiger charge is -2.27. The van der Waals surface area contributed by atoms with Crippen LogP contribution in [0.15, 0.2) is 42.5 Å². The maximum atomic E-state index is 13.3. The number of nitrogens with two attached hydrogens (primary N) is 1. The van der Waals surface area contributed by atoms with Gasteiger partial charge in [-0.25, -0.2) is 4.79 Å². The van der Waals surface area contributed by atoms with Crippen molar-refractivity contribution >= 4 is 46.3 Å². The number of primary amides is 1. The van der Waals surface area contributed by atoms with E-state index in [0.717, 1.165) is 16.3 Å². The highest BCUT2D eigenvalue weighted by atomic mass is 16.4. The fourth-order valence-corrected chi connectivity index (χ4v) is 4.88. The van der Waals surface area contributed by atoms with E-state index in [4.69, 9.17) is 10.8 Å². The number of ketones is 1. The molecule has 0 aromatic heterocycles. The normalized spacial score (nSPS) is 16.3. The molecule has 12 heteroatoms. The van der Waals surface area contributed by atoms with Crippen molar-refractivity contribution in [2.24, 2.45) is 17.6 Å². The van der Waals surface area contributed by atoms with Crippen LogP contribution in [0.2, 0.25) is 0 Å². The van der Waals surface area contributed by atoms with Crippen molar-refractivity contribution in [3.63, 3.8) is 0 Å². The van der Waals surface area contributed by atoms with Crippen LogP contribution < -0.4 is 27.0 Å². The van der Waals surface area contributed by atoms with Crippen molar-refractivity contribution in [3.05, 3.63) is 48.0 Å². The number of rotatable bonds is 15. The lowest BCUT2D eigenvalue weighted by Crippen LogP contribution is -2.59. The van der Waals surface area contributed by atoms with Gasteiger partial charge >= 0.3 is 6.09 Å². The summed E-state index contributed by atoms with van der Waals surface area (Å²) in [6.07, 6.45) is -0.126. The summed E-state index contributed by atoms with van der Waals surface area (Å²) in [5.74, 6) is -4.60. The van der Waals surface area contributed by atoms with Crippen LogP contribution in [0, 0.1) is 11.8 Å². The first kappa shape index (κ1) is 33.0. The monoisotopic (exact) mass is 595 g/mol. The number of hydrogen-bond donors (Lipinski definition) is 6. The summed E-state index contributed by atoms with van der Waals surface area (Å²) in [5, 5.41) is 21.0. The Hall–Kier alpha value is -4.48. The average molecular weight is 596 g/mol. The predicted octanol–water partition coefficient (Wildman–Crippen LogP) is 1.78. The standard InChI is InChI=1S/C31H41N5O7/c1-5-18(4)24(35-27(39)23(14-17(2)3)34-30(42)43)25(37)28(40)36-31(12-13-31)29(41)33-22(26(32)38)16-19-10-11-20-8-6-7-9-21(20)15-19/h6-11,15,17-18,22-24,34H,5,12-14,16H2,1-4H3,(H2,32,38)(H,33,41)(H,35,39)(H,36,40)(H,42,43)/t18-,22-,23-,24?/m0/s1. The third-order valence-corrected chi connectivity index (χ3v) is 7.78. The maximum Gasteiger partial charge on any atom is 0.405 e. The summed E-state index contributed by atoms with van der Waals surface area (Å²) < 4.78 is 0. The highest BCUT2D eigenvalue weighted by molar-refractivity contribution is 6.39. The number of carboxylic acid groups (broad SMARTS) is 1. The molecule has 7 N–H and O–H groups in total. The Morgan fingerprint density at radius 3 is 2.12 bits per heavy atom. The van der Waals surface area contributed by atoms with Crippen molar-refractivity contribution in [3.8, 4) is 0 Å². The van der Waals surface area contributed by atoms with E-state index in [0.29, 0.717) is 6.42 Å². The van der Waals surface area contributed by atoms with Gasteiger partial charge in [0.25, 0.3) is 5.91 Å². The highest BCUT2D eigenvalue weighted by Crippen LogP contribution is 2.36. The van der Waals surface area contributed by atoms with E-state index < -0.39 is 65.1 Å². The molecule has 0 saturated heterocycles. The molecular formula is C31H41N5O7. The third kappa shape index (κ3) is 8.76. The zero-order valence-electron chi connectivity index (χ0n) is 24.9. The summed E-state index contributed by atoms with van der Waals surface area (Å²) in [4.78, 5) is 76.1. The molecule has 5 amide bonds. The average Bonchev–Trinajstić information content (AvgIpc) is 3.74. The van der Waals surface area contributed by atoms with E-state index in [2.05, 4.69) is 21.3 Å². The van der Waals surface area contributed by atoms with Crippen LogP contribution in [0.5, 0.6) is 0 Å². The van der Waals surface area contributed by atoms with Crippen LogP contribution in [-0.4, -0.2) is 64.3 Å². The number of carbonyl (C=O) groups excluding carboxylic acids is 5. The number of Topliss-reactive ketones (excluding diaryl/α,β-unsaturated/α-hetero) is 1. The number of amides is 5. The number of carbonyl (C=O) groups is 6. The van der Waals surface area contributed by atoms with E-state index in [9.17, 15) is 28.8 Å². The minimum atomic E-state index is -1.39. The molecular weight excluding hydrogens is 554 g/mol. The molecule has 1 aliphatic carbocycles. The third-order valence-electron chi connectivity index (χ3n) is 7.78. The first-order chi connectivity index (χ1) is 20.3. The van der Waals surface area contributed by atoms with Gasteiger partial charge in [0.1, 0.15) is 17.6 Å². The molecule has 4 atom stereocenters. The molecule has 12 nitrogen and oxygen atoms in total. The van der Waals surface area contributed by atoms with Crippen molar-refractivity contribution in [1.82, 2.24) is 21.3 Å². The van der Waals surface area contributed by atoms with Gasteiger partial charge in [0.2, 0.25) is 23.5 Å². The Labute approximate surface area is 250 Å². The molecule has 1 aliphatic rings. The van der Waals surface area contributed by atoms with Gasteiger partial charge in [-0.1, -0.05) is 76.6 Å². The molecule has 2 aromatic carbocycles. The van der Waals surface area contributed by atoms with Crippen LogP contribution in [-0.2, 0) is 30.4 Å². The fourth-order valence-electron chi connectivity index (χ4n) is 4.88. The van der Waals surface area contributed by atoms with E-state index in [-0.39, 0.29) is 31.6 Å². The molecule has 43 heavy (non-hydrogen) atoms. The minimum Gasteiger partial charge on any atom is -0.465 e. The highest BCUT2D eigenvalue weighted by Gasteiger charge is 2.53. The second kappa shape index (κ2) is 14.1. The summed E-state index contributed by atoms with van der Waals surface area (Å²) in [5.41, 5.74) is 5.00. The zero-order valence-corrected chi connectivity index (χ0v) is 24.9. The molecule has 1 unspecified atom stereocenters. The van der Waals surface area contributed by atoms with Gasteiger partial charge in [-0.15, -0.1) is 0 Å². The van der Waals surface area contributed by atoms with Crippen molar-refractivity contribution in [2.45, 2.75) is 83.5 Å². The molecule has 0 aliphatic heterocycles. The molecule has 0 bridgehead atoms. The molecule has 0 heterocycles. The Morgan fingerprint density at radius 1 is 0.907 bits per heavy atom. The first-order valence-electron chi connectivity index (χ1n) is 14.5. The van der Waals surface area contributed by atoms with Gasteiger partial charge in [0, 0.05) is 6.42 Å². The van der Waals surface area contributed by atoms with Gasteiger partial charge in [-0.3, -0.25) is 24.0 Å². The van der Waals surface area contributed by atoms with Crippen molar-refractivity contribution < 1.29 is 33.9 Å². The summed E-state index contributed by atoms with van der Waals surface area (Å²) in [6.45, 7) is 7.10. The smallest absolute Gasteiger partial charge is 0.405 e. The summed E-state index contributed by atoms with van der Waals surface area (Å²) in [6, 6.07) is 9.97. The van der Waals surface area contributed by atoms with Crippen LogP contribution in [0.4, 0.5) is 4.79 Å². The quantitative estimate of drug-likeness (QED) is 0.169. The topological polar surface area (TPSA) is 197 Å². The molecule has 0 radical (unpaired) electrons. The van der Waals surface area contributed by atoms with E-state index in [1.165, 1.54) is 0 Å². The largest absolute Gasteiger partial charge is 0.465 e. The molecule has 1 fully saturated rings.